The molecule has 0 spiro atoms. The Kier molecular flexibility index (Phi) is 5.40. The van der Waals surface area contributed by atoms with Crippen LogP contribution >= 0.6 is 0 Å². The maximum absolute atomic E-state index is 12.6. The third-order valence-corrected chi connectivity index (χ3v) is 5.85. The van der Waals surface area contributed by atoms with E-state index in [2.05, 4.69) is 0 Å². The molecule has 2 aromatic rings. The van der Waals surface area contributed by atoms with Crippen LogP contribution in [0.4, 0.5) is 0 Å². The fourth-order valence-corrected chi connectivity index (χ4v) is 3.86. The molecule has 0 atom stereocenters. The fraction of sp³-hybridized carbons (Fsp3) is 0.375. The number of rotatable bonds is 6. The molecule has 0 aliphatic heterocycles. The highest BCUT2D eigenvalue weighted by molar-refractivity contribution is 7.89. The van der Waals surface area contributed by atoms with E-state index in [0.717, 1.165) is 0 Å². The molecular formula is C16H21N3O4S. The maximum atomic E-state index is 12.6. The smallest absolute Gasteiger partial charge is 0.250 e. The van der Waals surface area contributed by atoms with Gasteiger partial charge in [-0.05, 0) is 17.7 Å². The van der Waals surface area contributed by atoms with Crippen molar-refractivity contribution in [1.82, 2.24) is 13.4 Å². The summed E-state index contributed by atoms with van der Waals surface area (Å²) >= 11 is 0. The van der Waals surface area contributed by atoms with Gasteiger partial charge < -0.3 is 9.13 Å². The van der Waals surface area contributed by atoms with Crippen LogP contribution in [0.5, 0.6) is 0 Å². The number of pyridine rings is 2. The van der Waals surface area contributed by atoms with Gasteiger partial charge in [0.2, 0.25) is 10.0 Å². The minimum absolute atomic E-state index is 0.0645. The third-order valence-electron chi connectivity index (χ3n) is 3.82. The zero-order valence-corrected chi connectivity index (χ0v) is 14.8. The van der Waals surface area contributed by atoms with Crippen molar-refractivity contribution in [3.8, 4) is 0 Å². The summed E-state index contributed by atoms with van der Waals surface area (Å²) in [6.07, 6.45) is 2.94. The Hall–Kier alpha value is -2.19. The number of hydrogen-bond acceptors (Lipinski definition) is 4. The molecule has 130 valence electrons. The largest absolute Gasteiger partial charge is 0.319 e. The average Bonchev–Trinajstić information content (AvgIpc) is 2.53. The standard InChI is InChI=1S/C16H21N3O4S/c1-4-19(5-2)24(22,23)14-6-7-15(20)18(12-14)11-13-8-9-17(3)16(21)10-13/h6-10,12H,4-5,11H2,1-3H3. The molecule has 24 heavy (non-hydrogen) atoms. The number of sulfonamides is 1. The Bertz CT molecular complexity index is 940. The van der Waals surface area contributed by atoms with Crippen molar-refractivity contribution in [2.24, 2.45) is 7.05 Å². The Labute approximate surface area is 140 Å². The Morgan fingerprint density at radius 3 is 2.29 bits per heavy atom. The second-order valence-corrected chi connectivity index (χ2v) is 7.34. The van der Waals surface area contributed by atoms with Gasteiger partial charge in [0.25, 0.3) is 11.1 Å². The van der Waals surface area contributed by atoms with Crippen molar-refractivity contribution in [3.05, 3.63) is 62.9 Å². The number of aromatic nitrogens is 2. The Morgan fingerprint density at radius 2 is 1.71 bits per heavy atom. The molecule has 0 unspecified atom stereocenters. The van der Waals surface area contributed by atoms with Gasteiger partial charge in [0, 0.05) is 44.7 Å². The van der Waals surface area contributed by atoms with Gasteiger partial charge in [-0.25, -0.2) is 8.42 Å². The van der Waals surface area contributed by atoms with Crippen LogP contribution in [0, 0.1) is 0 Å². The zero-order chi connectivity index (χ0) is 17.9. The normalized spacial score (nSPS) is 11.8. The van der Waals surface area contributed by atoms with Crippen molar-refractivity contribution in [1.29, 1.82) is 0 Å². The van der Waals surface area contributed by atoms with Crippen LogP contribution < -0.4 is 11.1 Å². The van der Waals surface area contributed by atoms with E-state index in [9.17, 15) is 18.0 Å². The van der Waals surface area contributed by atoms with Crippen LogP contribution in [0.15, 0.2) is 51.1 Å². The van der Waals surface area contributed by atoms with E-state index in [4.69, 9.17) is 0 Å². The molecule has 0 radical (unpaired) electrons. The molecule has 8 heteroatoms. The number of hydrogen-bond donors (Lipinski definition) is 0. The number of nitrogens with zero attached hydrogens (tertiary/aromatic N) is 3. The molecule has 2 aromatic heterocycles. The van der Waals surface area contributed by atoms with Gasteiger partial charge in [0.15, 0.2) is 0 Å². The summed E-state index contributed by atoms with van der Waals surface area (Å²) in [5.41, 5.74) is 0.124. The molecular weight excluding hydrogens is 330 g/mol. The highest BCUT2D eigenvalue weighted by Gasteiger charge is 2.22. The van der Waals surface area contributed by atoms with Crippen molar-refractivity contribution in [3.63, 3.8) is 0 Å². The molecule has 0 amide bonds. The molecule has 0 aliphatic rings. The first-order valence-electron chi connectivity index (χ1n) is 7.65. The van der Waals surface area contributed by atoms with E-state index in [1.165, 1.54) is 37.8 Å². The monoisotopic (exact) mass is 351 g/mol. The van der Waals surface area contributed by atoms with E-state index in [1.54, 1.807) is 33.2 Å². The molecule has 2 rings (SSSR count). The summed E-state index contributed by atoms with van der Waals surface area (Å²) < 4.78 is 29.2. The van der Waals surface area contributed by atoms with Crippen LogP contribution in [0.25, 0.3) is 0 Å². The lowest BCUT2D eigenvalue weighted by Crippen LogP contribution is -2.32. The molecule has 0 saturated carbocycles. The predicted octanol–water partition coefficient (Wildman–Crippen LogP) is 0.626. The molecule has 0 fully saturated rings. The lowest BCUT2D eigenvalue weighted by atomic mass is 10.2. The van der Waals surface area contributed by atoms with Crippen molar-refractivity contribution in [2.45, 2.75) is 25.3 Å². The molecule has 0 aromatic carbocycles. The van der Waals surface area contributed by atoms with Crippen molar-refractivity contribution in [2.75, 3.05) is 13.1 Å². The van der Waals surface area contributed by atoms with E-state index in [1.807, 2.05) is 0 Å². The topological polar surface area (TPSA) is 81.4 Å². The minimum Gasteiger partial charge on any atom is -0.319 e. The van der Waals surface area contributed by atoms with Gasteiger partial charge in [-0.2, -0.15) is 4.31 Å². The molecule has 0 bridgehead atoms. The van der Waals surface area contributed by atoms with Gasteiger partial charge in [-0.1, -0.05) is 13.8 Å². The second kappa shape index (κ2) is 7.14. The first-order chi connectivity index (χ1) is 11.3. The Morgan fingerprint density at radius 1 is 1.04 bits per heavy atom. The quantitative estimate of drug-likeness (QED) is 0.764. The van der Waals surface area contributed by atoms with Crippen molar-refractivity contribution >= 4 is 10.0 Å². The van der Waals surface area contributed by atoms with Crippen LogP contribution in [0.2, 0.25) is 0 Å². The SMILES string of the molecule is CCN(CC)S(=O)(=O)c1ccc(=O)n(Cc2ccn(C)c(=O)c2)c1. The van der Waals surface area contributed by atoms with E-state index in [0.29, 0.717) is 18.7 Å². The first-order valence-corrected chi connectivity index (χ1v) is 9.09. The summed E-state index contributed by atoms with van der Waals surface area (Å²) in [7, 11) is -2.01. The van der Waals surface area contributed by atoms with Gasteiger partial charge >= 0.3 is 0 Å². The van der Waals surface area contributed by atoms with E-state index in [-0.39, 0.29) is 22.6 Å². The second-order valence-electron chi connectivity index (χ2n) is 5.40. The van der Waals surface area contributed by atoms with Crippen LogP contribution in [-0.2, 0) is 23.6 Å². The summed E-state index contributed by atoms with van der Waals surface area (Å²) in [4.78, 5) is 23.8. The summed E-state index contributed by atoms with van der Waals surface area (Å²) in [5, 5.41) is 0. The molecule has 2 heterocycles. The van der Waals surface area contributed by atoms with Crippen LogP contribution in [0.3, 0.4) is 0 Å². The molecule has 0 aliphatic carbocycles. The summed E-state index contributed by atoms with van der Waals surface area (Å²) in [6.45, 7) is 4.36. The van der Waals surface area contributed by atoms with Crippen LogP contribution in [0.1, 0.15) is 19.4 Å². The highest BCUT2D eigenvalue weighted by Crippen LogP contribution is 2.14. The average molecular weight is 351 g/mol. The summed E-state index contributed by atoms with van der Waals surface area (Å²) in [6, 6.07) is 5.70. The van der Waals surface area contributed by atoms with Crippen molar-refractivity contribution < 1.29 is 8.42 Å². The van der Waals surface area contributed by atoms with Gasteiger partial charge in [0.1, 0.15) is 0 Å². The fourth-order valence-electron chi connectivity index (χ4n) is 2.38. The van der Waals surface area contributed by atoms with Gasteiger partial charge in [-0.3, -0.25) is 9.59 Å². The van der Waals surface area contributed by atoms with Crippen LogP contribution in [-0.4, -0.2) is 34.9 Å². The molecule has 0 N–H and O–H groups in total. The van der Waals surface area contributed by atoms with Gasteiger partial charge in [0.05, 0.1) is 11.4 Å². The Balaban J connectivity index is 2.44. The summed E-state index contributed by atoms with van der Waals surface area (Å²) in [5.74, 6) is 0. The number of aryl methyl sites for hydroxylation is 1. The lowest BCUT2D eigenvalue weighted by molar-refractivity contribution is 0.444. The first kappa shape index (κ1) is 18.2. The van der Waals surface area contributed by atoms with Gasteiger partial charge in [-0.15, -0.1) is 0 Å². The highest BCUT2D eigenvalue weighted by atomic mass is 32.2. The molecule has 7 nitrogen and oxygen atoms in total. The zero-order valence-electron chi connectivity index (χ0n) is 14.0. The lowest BCUT2D eigenvalue weighted by Gasteiger charge is -2.19. The maximum Gasteiger partial charge on any atom is 0.250 e. The predicted molar refractivity (Wildman–Crippen MR) is 91.6 cm³/mol. The van der Waals surface area contributed by atoms with E-state index < -0.39 is 10.0 Å². The van der Waals surface area contributed by atoms with E-state index >= 15 is 0 Å². The molecule has 0 saturated heterocycles. The third kappa shape index (κ3) is 3.65. The minimum atomic E-state index is -3.64.